The number of phosphoric acid groups is 7. The number of nitrogens with two attached hydrogens (primary N) is 7. The molecule has 0 aromatic carbocycles. The van der Waals surface area contributed by atoms with E-state index in [2.05, 4.69) is 89.4 Å². The number of nitrogen functional groups attached to an aromatic ring is 7. The van der Waals surface area contributed by atoms with E-state index in [4.69, 9.17) is 128 Å². The van der Waals surface area contributed by atoms with Gasteiger partial charge in [-0.3, -0.25) is 106 Å². The lowest BCUT2D eigenvalue weighted by molar-refractivity contribution is -0.0653. The molecule has 0 aliphatic carbocycles. The third-order valence-corrected chi connectivity index (χ3v) is 30.1. The average molecular weight is 2190 g/mol. The van der Waals surface area contributed by atoms with Crippen LogP contribution in [-0.2, 0) is 124 Å². The molecule has 12 aromatic rings. The van der Waals surface area contributed by atoms with E-state index >= 15 is 0 Å². The third kappa shape index (κ3) is 23.1. The number of aromatic amines is 2. The SMILES string of the molecule is Nc1ccn([C@H]2C[C@H](OP(=O)(O)OC[C@H]3O[C@@H](n4cnc5c(=O)[nH]c(N)nc54)C[C@@H]3OP(=O)(O)OC[C@H]3O[C@@H](n4cnc5c(N)ncnc54)C[C@@H]3OP(=O)(O)OC[C@H]3O[C@@H](n4cnc5c(N)ncnc54)C[C@@H]3OP(=O)(O)OC[C@H]3O[C@@H](n4ncc5cnc(N)nc54)C[C@@H]3OP(=O)(O)OC[C@H]3O[C@@H](n4ccc(N)nc4=O)C[C@@H]3OP(=O)(O)OC[C@H]3O[C@@H](n4cnc5c(=O)[nH]c(N)nc54)C[C@@H]3O)[C@@H](COP(=O)(O)O)O2)c(=O)n1. The number of rotatable bonds is 40. The predicted molar refractivity (Wildman–Crippen MR) is 478 cm³/mol. The zero-order valence-corrected chi connectivity index (χ0v) is 80.4. The zero-order chi connectivity index (χ0) is 103. The maximum Gasteiger partial charge on any atom is 0.472 e. The van der Waals surface area contributed by atoms with Crippen LogP contribution in [0.3, 0.4) is 0 Å². The van der Waals surface area contributed by atoms with Crippen LogP contribution >= 0.6 is 54.8 Å². The third-order valence-electron chi connectivity index (χ3n) is 23.6. The molecule has 0 bridgehead atoms. The molecule has 12 aromatic heterocycles. The Morgan fingerprint density at radius 1 is 0.342 bits per heavy atom. The highest BCUT2D eigenvalue weighted by atomic mass is 31.2. The van der Waals surface area contributed by atoms with Crippen molar-refractivity contribution in [2.24, 2.45) is 0 Å². The van der Waals surface area contributed by atoms with Gasteiger partial charge in [0.2, 0.25) is 17.8 Å². The summed E-state index contributed by atoms with van der Waals surface area (Å²) in [5, 5.41) is 15.7. The van der Waals surface area contributed by atoms with Crippen molar-refractivity contribution in [3.63, 3.8) is 0 Å². The summed E-state index contributed by atoms with van der Waals surface area (Å²) in [6.07, 6.45) is -24.3. The van der Waals surface area contributed by atoms with E-state index in [0.29, 0.717) is 5.39 Å². The van der Waals surface area contributed by atoms with Gasteiger partial charge in [0, 0.05) is 63.5 Å². The Morgan fingerprint density at radius 2 is 0.651 bits per heavy atom. The van der Waals surface area contributed by atoms with Gasteiger partial charge in [-0.05, 0) is 12.1 Å². The molecule has 19 rings (SSSR count). The second kappa shape index (κ2) is 40.9. The Kier molecular flexibility index (Phi) is 29.1. The number of hydrogen-bond donors (Lipinski definition) is 18. The summed E-state index contributed by atoms with van der Waals surface area (Å²) >= 11 is 0. The molecule has 25 N–H and O–H groups in total. The molecule has 7 aliphatic heterocycles. The molecule has 788 valence electrons. The molecule has 0 spiro atoms. The van der Waals surface area contributed by atoms with Crippen LogP contribution in [-0.4, -0.2) is 293 Å². The number of imidazole rings is 4. The number of aromatic nitrogens is 24. The van der Waals surface area contributed by atoms with E-state index < -0.39 is 297 Å². The first kappa shape index (κ1) is 104. The highest BCUT2D eigenvalue weighted by Crippen LogP contribution is 2.58. The summed E-state index contributed by atoms with van der Waals surface area (Å²) in [7, 11) is -38.7. The van der Waals surface area contributed by atoms with E-state index in [1.165, 1.54) is 57.2 Å². The fourth-order valence-corrected chi connectivity index (χ4v) is 23.1. The Hall–Kier alpha value is -10.8. The Bertz CT molecular complexity index is 7560. The van der Waals surface area contributed by atoms with Crippen LogP contribution in [0.4, 0.5) is 41.1 Å². The van der Waals surface area contributed by atoms with Crippen LogP contribution in [0.2, 0.25) is 0 Å². The van der Waals surface area contributed by atoms with Crippen LogP contribution in [0.5, 0.6) is 0 Å². The monoisotopic (exact) mass is 2190 g/mol. The molecule has 7 saturated heterocycles. The number of aliphatic hydroxyl groups is 1. The number of nitrogens with zero attached hydrogens (tertiary/aromatic N) is 22. The molecule has 19 heterocycles. The fraction of sp³-hybridized carbons (Fsp3) is 0.515. The number of anilines is 7. The Labute approximate surface area is 810 Å². The van der Waals surface area contributed by atoms with Crippen LogP contribution in [0.25, 0.3) is 55.7 Å². The van der Waals surface area contributed by atoms with Gasteiger partial charge in [0.25, 0.3) is 11.1 Å². The number of phosphoric ester groups is 7. The summed E-state index contributed by atoms with van der Waals surface area (Å²) in [5.41, 5.74) is 37.4. The van der Waals surface area contributed by atoms with Crippen molar-refractivity contribution >= 4 is 152 Å². The van der Waals surface area contributed by atoms with Gasteiger partial charge in [-0.15, -0.1) is 0 Å². The van der Waals surface area contributed by atoms with Crippen molar-refractivity contribution < 1.29 is 168 Å². The van der Waals surface area contributed by atoms with Crippen molar-refractivity contribution in [2.75, 3.05) is 86.4 Å². The van der Waals surface area contributed by atoms with E-state index in [1.54, 1.807) is 0 Å². The number of hydrogen-bond acceptors (Lipinski definition) is 54. The van der Waals surface area contributed by atoms with Crippen LogP contribution in [0.15, 0.2) is 94.1 Å². The number of ether oxygens (including phenoxy) is 7. The topological polar surface area (TPSA) is 996 Å². The van der Waals surface area contributed by atoms with Crippen molar-refractivity contribution in [1.82, 2.24) is 117 Å². The Morgan fingerprint density at radius 3 is 1.01 bits per heavy atom. The van der Waals surface area contributed by atoms with Gasteiger partial charge in [-0.2, -0.15) is 30.0 Å². The van der Waals surface area contributed by atoms with Gasteiger partial charge >= 0.3 is 66.1 Å². The number of nitrogens with one attached hydrogen (secondary N) is 2. The molecule has 0 radical (unpaired) electrons. The minimum atomic E-state index is -5.68. The molecule has 0 saturated carbocycles. The van der Waals surface area contributed by atoms with Gasteiger partial charge < -0.3 is 118 Å². The number of H-pyrrole nitrogens is 2. The molecule has 0 amide bonds. The smallest absolute Gasteiger partial charge is 0.390 e. The zero-order valence-electron chi connectivity index (χ0n) is 74.1. The van der Waals surface area contributed by atoms with Crippen molar-refractivity contribution in [3.8, 4) is 0 Å². The van der Waals surface area contributed by atoms with Crippen LogP contribution < -0.4 is 62.6 Å². The highest BCUT2D eigenvalue weighted by Gasteiger charge is 2.54. The molecular weight excluding hydrogens is 2110 g/mol. The van der Waals surface area contributed by atoms with E-state index in [0.717, 1.165) is 49.8 Å². The second-order valence-electron chi connectivity index (χ2n) is 33.3. The summed E-state index contributed by atoms with van der Waals surface area (Å²) in [6, 6.07) is 2.42. The maximum absolute atomic E-state index is 14.8. The molecule has 78 heteroatoms. The minimum absolute atomic E-state index is 0.0111. The molecule has 7 fully saturated rings. The lowest BCUT2D eigenvalue weighted by atomic mass is 10.2. The molecule has 71 nitrogen and oxygen atoms in total. The largest absolute Gasteiger partial charge is 0.472 e. The van der Waals surface area contributed by atoms with Gasteiger partial charge in [-0.1, -0.05) is 0 Å². The predicted octanol–water partition coefficient (Wildman–Crippen LogP) is -2.14. The molecule has 27 atom stereocenters. The van der Waals surface area contributed by atoms with Gasteiger partial charge in [0.05, 0.1) is 89.2 Å². The van der Waals surface area contributed by atoms with Crippen molar-refractivity contribution in [1.29, 1.82) is 0 Å². The molecular formula is C68H86N31O40P7. The standard InChI is InChI=1S/C68H86N31O40P7/c69-42-1-3-93(67(103)86-42)45-6-29(36(128-45)15-120-140(105,106)107)134-142(110,111)125-19-40-33(10-49(132-40)98-26-84-54-61(98)90-66(75)92-63(54)102)138-144(114,115)124-18-38-31(8-47(130-38)95-23-81-51-55(71)77-21-79-58(51)95)136-143(112,113)123-17-39-32(9-48(131-39)96-24-82-52-56(72)78-22-80-59(52)96)137-145(116,117)126-20-41-34(11-50(133-41)99-57-27(13-85-99)12-76-64(73)88-57)139-146(118,119)122-16-37-30(7-46(129-37)94-4-2-43(70)87-68(94)104)135-141(108,109)121-14-35-28(100)5-44(127-35)97-25-83-53-60(97)89-65(74)91-62(53)101/h1-4,12-13,21-26,28-41,44-50,100H,5-11,14-20H2,(H,108,109)(H,110,111)(H,112,113)(H,114,115)(H,116,117)(H,118,119)(H2,69,86,103)(H2,70,87,104)(H2,71,77,79)(H2,72,78,80)(H2,73,76,88)(H2,105,106,107)(H3,74,89,91,101)(H3,75,90,92,102)/t28-,29-,30-,31-,32-,33-,34-,35+,36+,37+,38+,39+,40+,41+,44+,45+,46+,47+,48+,49+,50+/m0/s1. The van der Waals surface area contributed by atoms with Crippen LogP contribution in [0, 0.1) is 0 Å². The van der Waals surface area contributed by atoms with Gasteiger partial charge in [0.1, 0.15) is 152 Å². The fourth-order valence-electron chi connectivity index (χ4n) is 17.0. The first-order chi connectivity index (χ1) is 69.1. The normalized spacial score (nSPS) is 29.2. The average Bonchev–Trinajstić information content (AvgIpc) is 1.63. The van der Waals surface area contributed by atoms with Crippen molar-refractivity contribution in [3.05, 3.63) is 117 Å². The Balaban J connectivity index is 0.539. The van der Waals surface area contributed by atoms with E-state index in [9.17, 15) is 95.4 Å². The first-order valence-corrected chi connectivity index (χ1v) is 53.5. The van der Waals surface area contributed by atoms with E-state index in [1.807, 2.05) is 0 Å². The highest BCUT2D eigenvalue weighted by molar-refractivity contribution is 7.49. The van der Waals surface area contributed by atoms with Gasteiger partial charge in [0.15, 0.2) is 57.1 Å². The quantitative estimate of drug-likeness (QED) is 0.0182. The van der Waals surface area contributed by atoms with Crippen LogP contribution in [0.1, 0.15) is 88.5 Å². The first-order valence-electron chi connectivity index (χ1n) is 43.0. The van der Waals surface area contributed by atoms with Gasteiger partial charge in [-0.25, -0.2) is 91.1 Å². The summed E-state index contributed by atoms with van der Waals surface area (Å²) < 4.78 is 221. The molecule has 7 aliphatic rings. The number of fused-ring (bicyclic) bond motifs is 5. The number of aliphatic hydroxyl groups excluding tert-OH is 1. The second-order valence-corrected chi connectivity index (χ2v) is 42.9. The summed E-state index contributed by atoms with van der Waals surface area (Å²) in [4.78, 5) is 202. The maximum atomic E-state index is 14.8. The molecule has 6 unspecified atom stereocenters. The minimum Gasteiger partial charge on any atom is -0.390 e. The summed E-state index contributed by atoms with van der Waals surface area (Å²) in [6.45, 7) is -7.32. The summed E-state index contributed by atoms with van der Waals surface area (Å²) in [5.74, 6) is -1.52. The lowest BCUT2D eigenvalue weighted by Crippen LogP contribution is -2.32. The lowest BCUT2D eigenvalue weighted by Gasteiger charge is -2.26. The van der Waals surface area contributed by atoms with E-state index in [-0.39, 0.29) is 91.9 Å². The molecule has 146 heavy (non-hydrogen) atoms. The van der Waals surface area contributed by atoms with Crippen molar-refractivity contribution in [2.45, 2.75) is 174 Å².